The number of hydrazine groups is 1. The largest absolute Gasteiger partial charge is 0.398 e. The number of anilines is 1. The fourth-order valence-corrected chi connectivity index (χ4v) is 2.36. The minimum atomic E-state index is -0.160. The third-order valence-corrected chi connectivity index (χ3v) is 3.49. The average Bonchev–Trinajstić information content (AvgIpc) is 2.39. The molecule has 0 aliphatic rings. The van der Waals surface area contributed by atoms with Gasteiger partial charge in [0.15, 0.2) is 0 Å². The Morgan fingerprint density at radius 1 is 1.26 bits per heavy atom. The number of rotatable bonds is 4. The van der Waals surface area contributed by atoms with Crippen molar-refractivity contribution in [2.75, 3.05) is 5.73 Å². The predicted octanol–water partition coefficient (Wildman–Crippen LogP) is 2.72. The molecule has 1 atom stereocenters. The highest BCUT2D eigenvalue weighted by Crippen LogP contribution is 2.27. The third kappa shape index (κ3) is 3.36. The number of aromatic nitrogens is 1. The Morgan fingerprint density at radius 3 is 2.68 bits per heavy atom. The molecule has 0 radical (unpaired) electrons. The average molecular weight is 297 g/mol. The molecule has 0 amide bonds. The van der Waals surface area contributed by atoms with Crippen LogP contribution in [0.15, 0.2) is 36.7 Å². The summed E-state index contributed by atoms with van der Waals surface area (Å²) >= 11 is 12.0. The molecule has 0 bridgehead atoms. The van der Waals surface area contributed by atoms with E-state index in [1.165, 1.54) is 0 Å². The number of hydrogen-bond acceptors (Lipinski definition) is 4. The van der Waals surface area contributed by atoms with Crippen LogP contribution in [0.25, 0.3) is 0 Å². The van der Waals surface area contributed by atoms with Crippen molar-refractivity contribution in [3.8, 4) is 0 Å². The Balaban J connectivity index is 2.27. The summed E-state index contributed by atoms with van der Waals surface area (Å²) in [6.45, 7) is 0. The normalized spacial score (nSPS) is 12.4. The minimum absolute atomic E-state index is 0.160. The zero-order valence-corrected chi connectivity index (χ0v) is 11.6. The Morgan fingerprint density at radius 2 is 2.05 bits per heavy atom. The Labute approximate surface area is 121 Å². The summed E-state index contributed by atoms with van der Waals surface area (Å²) in [4.78, 5) is 4.06. The Bertz CT molecular complexity index is 574. The maximum Gasteiger partial charge on any atom is 0.0536 e. The molecular formula is C13H14Cl2N4. The molecule has 0 saturated carbocycles. The maximum absolute atomic E-state index is 6.16. The van der Waals surface area contributed by atoms with Crippen molar-refractivity contribution in [1.29, 1.82) is 0 Å². The molecule has 0 aliphatic heterocycles. The van der Waals surface area contributed by atoms with Crippen LogP contribution in [0.4, 0.5) is 5.69 Å². The lowest BCUT2D eigenvalue weighted by atomic mass is 9.99. The predicted molar refractivity (Wildman–Crippen MR) is 78.9 cm³/mol. The number of pyridine rings is 1. The second-order valence-electron chi connectivity index (χ2n) is 4.16. The first-order chi connectivity index (χ1) is 9.11. The lowest BCUT2D eigenvalue weighted by molar-refractivity contribution is 0.552. The van der Waals surface area contributed by atoms with Crippen LogP contribution in [0, 0.1) is 0 Å². The van der Waals surface area contributed by atoms with Crippen molar-refractivity contribution >= 4 is 28.9 Å². The van der Waals surface area contributed by atoms with Gasteiger partial charge in [0.05, 0.1) is 6.04 Å². The van der Waals surface area contributed by atoms with E-state index in [4.69, 9.17) is 34.8 Å². The molecule has 0 spiro atoms. The number of nitrogens with one attached hydrogen (secondary N) is 1. The van der Waals surface area contributed by atoms with Crippen LogP contribution in [0.2, 0.25) is 10.0 Å². The highest BCUT2D eigenvalue weighted by molar-refractivity contribution is 6.35. The zero-order valence-electron chi connectivity index (χ0n) is 10.1. The molecule has 19 heavy (non-hydrogen) atoms. The van der Waals surface area contributed by atoms with E-state index in [9.17, 15) is 0 Å². The fraction of sp³-hybridized carbons (Fsp3) is 0.154. The molecule has 0 aliphatic carbocycles. The van der Waals surface area contributed by atoms with Crippen LogP contribution < -0.4 is 17.0 Å². The van der Waals surface area contributed by atoms with Gasteiger partial charge in [-0.25, -0.2) is 0 Å². The van der Waals surface area contributed by atoms with Crippen LogP contribution in [0.3, 0.4) is 0 Å². The van der Waals surface area contributed by atoms with E-state index in [1.807, 2.05) is 6.07 Å². The highest BCUT2D eigenvalue weighted by atomic mass is 35.5. The van der Waals surface area contributed by atoms with Gasteiger partial charge in [0.2, 0.25) is 0 Å². The van der Waals surface area contributed by atoms with E-state index >= 15 is 0 Å². The van der Waals surface area contributed by atoms with Crippen LogP contribution in [-0.2, 0) is 6.42 Å². The van der Waals surface area contributed by atoms with Crippen molar-refractivity contribution in [3.63, 3.8) is 0 Å². The molecular weight excluding hydrogens is 283 g/mol. The molecule has 4 nitrogen and oxygen atoms in total. The molecule has 1 aromatic heterocycles. The van der Waals surface area contributed by atoms with Gasteiger partial charge in [0.1, 0.15) is 0 Å². The Kier molecular flexibility index (Phi) is 4.61. The molecule has 2 rings (SSSR count). The van der Waals surface area contributed by atoms with Crippen molar-refractivity contribution in [1.82, 2.24) is 10.4 Å². The summed E-state index contributed by atoms with van der Waals surface area (Å²) in [6, 6.07) is 6.96. The fourth-order valence-electron chi connectivity index (χ4n) is 1.87. The summed E-state index contributed by atoms with van der Waals surface area (Å²) < 4.78 is 0. The number of nitrogens with two attached hydrogens (primary N) is 2. The number of halogens is 2. The number of benzene rings is 1. The van der Waals surface area contributed by atoms with Crippen molar-refractivity contribution in [3.05, 3.63) is 57.8 Å². The van der Waals surface area contributed by atoms with Gasteiger partial charge < -0.3 is 5.73 Å². The molecule has 1 unspecified atom stereocenters. The standard InChI is InChI=1S/C13H14Cl2N4/c14-9-2-1-8(11(15)6-9)5-13(19-17)10-7-18-4-3-12(10)16/h1-4,6-7,13,19H,5,17H2,(H2,16,18). The van der Waals surface area contributed by atoms with Crippen LogP contribution in [0.1, 0.15) is 17.2 Å². The first kappa shape index (κ1) is 14.1. The van der Waals surface area contributed by atoms with Gasteiger partial charge in [-0.15, -0.1) is 0 Å². The van der Waals surface area contributed by atoms with E-state index in [1.54, 1.807) is 30.6 Å². The first-order valence-corrected chi connectivity index (χ1v) is 6.47. The first-order valence-electron chi connectivity index (χ1n) is 5.71. The molecule has 2 aromatic rings. The molecule has 1 heterocycles. The number of nitrogen functional groups attached to an aromatic ring is 1. The second kappa shape index (κ2) is 6.21. The van der Waals surface area contributed by atoms with Gasteiger partial charge in [-0.1, -0.05) is 29.3 Å². The molecule has 1 aromatic carbocycles. The minimum Gasteiger partial charge on any atom is -0.398 e. The van der Waals surface area contributed by atoms with Crippen LogP contribution in [0.5, 0.6) is 0 Å². The monoisotopic (exact) mass is 296 g/mol. The number of nitrogens with zero attached hydrogens (tertiary/aromatic N) is 1. The highest BCUT2D eigenvalue weighted by Gasteiger charge is 2.15. The summed E-state index contributed by atoms with van der Waals surface area (Å²) in [5.41, 5.74) is 11.1. The quantitative estimate of drug-likeness (QED) is 0.599. The van der Waals surface area contributed by atoms with Crippen molar-refractivity contribution < 1.29 is 0 Å². The summed E-state index contributed by atoms with van der Waals surface area (Å²) in [5.74, 6) is 5.60. The summed E-state index contributed by atoms with van der Waals surface area (Å²) in [5, 5.41) is 1.21. The summed E-state index contributed by atoms with van der Waals surface area (Å²) in [6.07, 6.45) is 3.94. The molecule has 0 saturated heterocycles. The van der Waals surface area contributed by atoms with E-state index in [-0.39, 0.29) is 6.04 Å². The molecule has 6 heteroatoms. The SMILES string of the molecule is NNC(Cc1ccc(Cl)cc1Cl)c1cnccc1N. The lowest BCUT2D eigenvalue weighted by Crippen LogP contribution is -2.30. The zero-order chi connectivity index (χ0) is 13.8. The topological polar surface area (TPSA) is 77.0 Å². The van der Waals surface area contributed by atoms with Crippen LogP contribution >= 0.6 is 23.2 Å². The second-order valence-corrected chi connectivity index (χ2v) is 5.01. The van der Waals surface area contributed by atoms with E-state index in [0.29, 0.717) is 22.2 Å². The molecule has 100 valence electrons. The summed E-state index contributed by atoms with van der Waals surface area (Å²) in [7, 11) is 0. The lowest BCUT2D eigenvalue weighted by Gasteiger charge is -2.18. The van der Waals surface area contributed by atoms with Crippen LogP contribution in [-0.4, -0.2) is 4.98 Å². The van der Waals surface area contributed by atoms with Gasteiger partial charge >= 0.3 is 0 Å². The Hall–Kier alpha value is -1.33. The molecule has 5 N–H and O–H groups in total. The van der Waals surface area contributed by atoms with Gasteiger partial charge in [0.25, 0.3) is 0 Å². The van der Waals surface area contributed by atoms with Crippen molar-refractivity contribution in [2.24, 2.45) is 5.84 Å². The van der Waals surface area contributed by atoms with Crippen molar-refractivity contribution in [2.45, 2.75) is 12.5 Å². The van der Waals surface area contributed by atoms with Gasteiger partial charge in [-0.2, -0.15) is 0 Å². The van der Waals surface area contributed by atoms with E-state index in [2.05, 4.69) is 10.4 Å². The van der Waals surface area contributed by atoms with Gasteiger partial charge in [0, 0.05) is 33.7 Å². The van der Waals surface area contributed by atoms with E-state index in [0.717, 1.165) is 11.1 Å². The smallest absolute Gasteiger partial charge is 0.0536 e. The van der Waals surface area contributed by atoms with E-state index < -0.39 is 0 Å². The molecule has 0 fully saturated rings. The van der Waals surface area contributed by atoms with Gasteiger partial charge in [-0.05, 0) is 30.2 Å². The third-order valence-electron chi connectivity index (χ3n) is 2.90. The van der Waals surface area contributed by atoms with Gasteiger partial charge in [-0.3, -0.25) is 16.3 Å². The maximum atomic E-state index is 6.16. The number of hydrogen-bond donors (Lipinski definition) is 3.